The van der Waals surface area contributed by atoms with Crippen LogP contribution in [0.15, 0.2) is 14.7 Å². The van der Waals surface area contributed by atoms with Gasteiger partial charge in [0, 0.05) is 17.5 Å². The molecule has 0 saturated heterocycles. The first-order valence-corrected chi connectivity index (χ1v) is 10.2. The molecular weight excluding hydrogens is 396 g/mol. The van der Waals surface area contributed by atoms with Crippen LogP contribution >= 0.6 is 38.6 Å². The number of thiophene rings is 1. The monoisotopic (exact) mass is 408 g/mol. The van der Waals surface area contributed by atoms with Crippen molar-refractivity contribution in [2.45, 2.75) is 37.2 Å². The molecule has 2 aromatic heterocycles. The number of sulfonamides is 1. The van der Waals surface area contributed by atoms with Crippen LogP contribution in [0.5, 0.6) is 0 Å². The van der Waals surface area contributed by atoms with Gasteiger partial charge in [0.2, 0.25) is 5.13 Å². The van der Waals surface area contributed by atoms with Crippen molar-refractivity contribution in [2.75, 3.05) is 4.72 Å². The van der Waals surface area contributed by atoms with Crippen molar-refractivity contribution in [2.24, 2.45) is 0 Å². The highest BCUT2D eigenvalue weighted by Gasteiger charge is 2.24. The standard InChI is InChI=1S/C11H13BrN4O2S3/c1-6-14-15-11(19-6)16-21(17,18)9-4-8(20-10(9)12)5-13-7-2-3-7/h4,7,13H,2-3,5H2,1H3,(H,15,16). The van der Waals surface area contributed by atoms with Crippen LogP contribution in [-0.2, 0) is 16.6 Å². The first-order chi connectivity index (χ1) is 9.94. The zero-order valence-electron chi connectivity index (χ0n) is 11.1. The SMILES string of the molecule is Cc1nnc(NS(=O)(=O)c2cc(CNC3CC3)sc2Br)s1. The summed E-state index contributed by atoms with van der Waals surface area (Å²) in [6.45, 7) is 2.47. The molecule has 0 atom stereocenters. The van der Waals surface area contributed by atoms with Gasteiger partial charge in [-0.1, -0.05) is 11.3 Å². The second kappa shape index (κ2) is 5.92. The van der Waals surface area contributed by atoms with E-state index < -0.39 is 10.0 Å². The van der Waals surface area contributed by atoms with Gasteiger partial charge in [-0.25, -0.2) is 8.42 Å². The third-order valence-electron chi connectivity index (χ3n) is 2.89. The van der Waals surface area contributed by atoms with Crippen molar-refractivity contribution in [3.8, 4) is 0 Å². The Kier molecular flexibility index (Phi) is 4.33. The summed E-state index contributed by atoms with van der Waals surface area (Å²) in [5.74, 6) is 0. The summed E-state index contributed by atoms with van der Waals surface area (Å²) in [6.07, 6.45) is 2.41. The first kappa shape index (κ1) is 15.3. The topological polar surface area (TPSA) is 84.0 Å². The summed E-state index contributed by atoms with van der Waals surface area (Å²) in [5.41, 5.74) is 0. The first-order valence-electron chi connectivity index (χ1n) is 6.28. The van der Waals surface area contributed by atoms with Gasteiger partial charge in [0.1, 0.15) is 9.90 Å². The van der Waals surface area contributed by atoms with Gasteiger partial charge >= 0.3 is 0 Å². The number of rotatable bonds is 6. The fourth-order valence-electron chi connectivity index (χ4n) is 1.71. The normalized spacial score (nSPS) is 15.3. The second-order valence-corrected chi connectivity index (χ2v) is 10.0. The van der Waals surface area contributed by atoms with Crippen molar-refractivity contribution >= 4 is 53.8 Å². The van der Waals surface area contributed by atoms with Gasteiger partial charge in [0.05, 0.1) is 3.79 Å². The summed E-state index contributed by atoms with van der Waals surface area (Å²) in [6, 6.07) is 2.29. The van der Waals surface area contributed by atoms with Gasteiger partial charge < -0.3 is 5.32 Å². The van der Waals surface area contributed by atoms with Crippen LogP contribution in [0.3, 0.4) is 0 Å². The molecule has 1 aliphatic rings. The average molecular weight is 409 g/mol. The molecule has 114 valence electrons. The number of nitrogens with zero attached hydrogens (tertiary/aromatic N) is 2. The molecule has 6 nitrogen and oxygen atoms in total. The third kappa shape index (κ3) is 3.81. The van der Waals surface area contributed by atoms with E-state index in [4.69, 9.17) is 0 Å². The molecule has 0 aliphatic heterocycles. The van der Waals surface area contributed by atoms with Crippen molar-refractivity contribution in [3.05, 3.63) is 19.7 Å². The lowest BCUT2D eigenvalue weighted by atomic mass is 10.4. The van der Waals surface area contributed by atoms with E-state index >= 15 is 0 Å². The predicted octanol–water partition coefficient (Wildman–Crippen LogP) is 2.72. The molecule has 21 heavy (non-hydrogen) atoms. The Hall–Kier alpha value is -0.550. The summed E-state index contributed by atoms with van der Waals surface area (Å²) < 4.78 is 27.8. The fraction of sp³-hybridized carbons (Fsp3) is 0.455. The molecular formula is C11H13BrN4O2S3. The fourth-order valence-corrected chi connectivity index (χ4v) is 6.16. The Morgan fingerprint density at radius 2 is 2.14 bits per heavy atom. The van der Waals surface area contributed by atoms with E-state index in [-0.39, 0.29) is 10.0 Å². The van der Waals surface area contributed by atoms with E-state index in [0.29, 0.717) is 21.4 Å². The number of nitrogens with one attached hydrogen (secondary N) is 2. The van der Waals surface area contributed by atoms with E-state index in [9.17, 15) is 8.42 Å². The van der Waals surface area contributed by atoms with Crippen LogP contribution < -0.4 is 10.0 Å². The lowest BCUT2D eigenvalue weighted by molar-refractivity contribution is 0.601. The molecule has 1 saturated carbocycles. The molecule has 2 N–H and O–H groups in total. The molecule has 10 heteroatoms. The van der Waals surface area contributed by atoms with Crippen molar-refractivity contribution in [1.82, 2.24) is 15.5 Å². The van der Waals surface area contributed by atoms with Gasteiger partial charge in [0.15, 0.2) is 0 Å². The van der Waals surface area contributed by atoms with E-state index in [1.807, 2.05) is 0 Å². The molecule has 0 bridgehead atoms. The largest absolute Gasteiger partial charge is 0.309 e. The van der Waals surface area contributed by atoms with Gasteiger partial charge in [-0.15, -0.1) is 21.5 Å². The van der Waals surface area contributed by atoms with Gasteiger partial charge in [-0.3, -0.25) is 4.72 Å². The minimum Gasteiger partial charge on any atom is -0.309 e. The maximum absolute atomic E-state index is 12.4. The Bertz CT molecular complexity index is 751. The van der Waals surface area contributed by atoms with Crippen LogP contribution in [0, 0.1) is 6.92 Å². The smallest absolute Gasteiger partial charge is 0.265 e. The highest BCUT2D eigenvalue weighted by molar-refractivity contribution is 9.11. The van der Waals surface area contributed by atoms with Crippen LogP contribution in [0.1, 0.15) is 22.7 Å². The van der Waals surface area contributed by atoms with Gasteiger partial charge in [-0.05, 0) is 41.8 Å². The minimum atomic E-state index is -3.64. The van der Waals surface area contributed by atoms with Crippen LogP contribution in [-0.4, -0.2) is 24.7 Å². The van der Waals surface area contributed by atoms with E-state index in [0.717, 1.165) is 4.88 Å². The van der Waals surface area contributed by atoms with E-state index in [2.05, 4.69) is 36.2 Å². The Morgan fingerprint density at radius 3 is 2.76 bits per heavy atom. The maximum atomic E-state index is 12.4. The van der Waals surface area contributed by atoms with Crippen molar-refractivity contribution in [1.29, 1.82) is 0 Å². The summed E-state index contributed by atoms with van der Waals surface area (Å²) in [4.78, 5) is 1.23. The highest BCUT2D eigenvalue weighted by atomic mass is 79.9. The molecule has 1 aliphatic carbocycles. The van der Waals surface area contributed by atoms with Crippen LogP contribution in [0.2, 0.25) is 0 Å². The van der Waals surface area contributed by atoms with Crippen molar-refractivity contribution in [3.63, 3.8) is 0 Å². The number of hydrogen-bond donors (Lipinski definition) is 2. The zero-order chi connectivity index (χ0) is 15.0. The second-order valence-electron chi connectivity index (χ2n) is 4.74. The molecule has 2 aromatic rings. The highest BCUT2D eigenvalue weighted by Crippen LogP contribution is 2.33. The number of aromatic nitrogens is 2. The Morgan fingerprint density at radius 1 is 1.38 bits per heavy atom. The number of anilines is 1. The quantitative estimate of drug-likeness (QED) is 0.767. The maximum Gasteiger partial charge on any atom is 0.265 e. The average Bonchev–Trinajstić information content (AvgIpc) is 3.03. The lowest BCUT2D eigenvalue weighted by Crippen LogP contribution is -2.15. The summed E-state index contributed by atoms with van der Waals surface area (Å²) in [7, 11) is -3.64. The van der Waals surface area contributed by atoms with E-state index in [1.165, 1.54) is 35.5 Å². The lowest BCUT2D eigenvalue weighted by Gasteiger charge is -2.02. The molecule has 0 unspecified atom stereocenters. The molecule has 0 spiro atoms. The minimum absolute atomic E-state index is 0.243. The molecule has 3 rings (SSSR count). The molecule has 0 amide bonds. The van der Waals surface area contributed by atoms with Crippen molar-refractivity contribution < 1.29 is 8.42 Å². The number of halogens is 1. The molecule has 2 heterocycles. The molecule has 0 aromatic carbocycles. The zero-order valence-corrected chi connectivity index (χ0v) is 15.1. The summed E-state index contributed by atoms with van der Waals surface area (Å²) in [5, 5.41) is 12.0. The molecule has 1 fully saturated rings. The van der Waals surface area contributed by atoms with Crippen LogP contribution in [0.4, 0.5) is 5.13 Å². The Labute approximate surface area is 139 Å². The van der Waals surface area contributed by atoms with Crippen LogP contribution in [0.25, 0.3) is 0 Å². The summed E-state index contributed by atoms with van der Waals surface area (Å²) >= 11 is 5.97. The predicted molar refractivity (Wildman–Crippen MR) is 87.3 cm³/mol. The number of hydrogen-bond acceptors (Lipinski definition) is 7. The van der Waals surface area contributed by atoms with Gasteiger partial charge in [0.25, 0.3) is 10.0 Å². The Balaban J connectivity index is 1.77. The van der Waals surface area contributed by atoms with E-state index in [1.54, 1.807) is 13.0 Å². The molecule has 0 radical (unpaired) electrons. The van der Waals surface area contributed by atoms with Gasteiger partial charge in [-0.2, -0.15) is 0 Å². The number of aryl methyl sites for hydroxylation is 1. The third-order valence-corrected chi connectivity index (χ3v) is 7.36.